The molecular weight excluding hydrogens is 412 g/mol. The topological polar surface area (TPSA) is 83.0 Å². The van der Waals surface area contributed by atoms with Gasteiger partial charge in [0.05, 0.1) is 5.69 Å². The van der Waals surface area contributed by atoms with Crippen LogP contribution in [0.3, 0.4) is 0 Å². The Hall–Kier alpha value is -4.10. The van der Waals surface area contributed by atoms with Gasteiger partial charge in [-0.15, -0.1) is 0 Å². The largest absolute Gasteiger partial charge is 0.324 e. The first-order valence-corrected chi connectivity index (χ1v) is 10.6. The van der Waals surface area contributed by atoms with Crippen LogP contribution in [-0.4, -0.2) is 39.9 Å². The van der Waals surface area contributed by atoms with Crippen LogP contribution < -0.4 is 10.6 Å². The molecule has 0 radical (unpaired) electrons. The van der Waals surface area contributed by atoms with Gasteiger partial charge in [0.15, 0.2) is 0 Å². The first-order chi connectivity index (χ1) is 16.0. The first-order valence-electron chi connectivity index (χ1n) is 10.6. The number of hydrogen-bond acceptors (Lipinski definition) is 6. The summed E-state index contributed by atoms with van der Waals surface area (Å²) in [6, 6.07) is 19.0. The number of amides is 1. The molecule has 2 aromatic carbocycles. The van der Waals surface area contributed by atoms with Crippen LogP contribution in [0.2, 0.25) is 0 Å². The van der Waals surface area contributed by atoms with Crippen LogP contribution in [0.25, 0.3) is 11.3 Å². The number of benzene rings is 2. The number of nitrogens with zero attached hydrogens (tertiary/aromatic N) is 4. The molecule has 4 aromatic rings. The van der Waals surface area contributed by atoms with Gasteiger partial charge in [-0.1, -0.05) is 18.2 Å². The number of anilines is 3. The van der Waals surface area contributed by atoms with Crippen LogP contribution in [0.15, 0.2) is 79.3 Å². The zero-order valence-corrected chi connectivity index (χ0v) is 18.9. The lowest BCUT2D eigenvalue weighted by Crippen LogP contribution is -2.13. The summed E-state index contributed by atoms with van der Waals surface area (Å²) >= 11 is 0. The molecule has 0 bridgehead atoms. The molecule has 0 atom stereocenters. The molecule has 0 unspecified atom stereocenters. The zero-order valence-electron chi connectivity index (χ0n) is 18.9. The van der Waals surface area contributed by atoms with Crippen molar-refractivity contribution >= 4 is 23.2 Å². The van der Waals surface area contributed by atoms with Gasteiger partial charge in [-0.3, -0.25) is 9.78 Å². The van der Waals surface area contributed by atoms with Crippen LogP contribution in [0.4, 0.5) is 17.3 Å². The van der Waals surface area contributed by atoms with Crippen LogP contribution in [-0.2, 0) is 6.54 Å². The SMILES string of the molecule is Cc1ccc(NC(=O)c2ccc(CN(C)C)cc2)cc1Nc1nccc(-c2cccnc2)n1. The van der Waals surface area contributed by atoms with Gasteiger partial charge in [-0.2, -0.15) is 0 Å². The van der Waals surface area contributed by atoms with E-state index in [0.29, 0.717) is 17.2 Å². The Labute approximate surface area is 193 Å². The summed E-state index contributed by atoms with van der Waals surface area (Å²) in [7, 11) is 4.04. The number of carbonyl (C=O) groups excluding carboxylic acids is 1. The van der Waals surface area contributed by atoms with E-state index in [1.165, 1.54) is 0 Å². The fourth-order valence-corrected chi connectivity index (χ4v) is 3.38. The van der Waals surface area contributed by atoms with Crippen LogP contribution in [0.1, 0.15) is 21.5 Å². The fourth-order valence-electron chi connectivity index (χ4n) is 3.38. The van der Waals surface area contributed by atoms with Gasteiger partial charge in [0.2, 0.25) is 5.95 Å². The van der Waals surface area contributed by atoms with Crippen molar-refractivity contribution in [3.63, 3.8) is 0 Å². The highest BCUT2D eigenvalue weighted by molar-refractivity contribution is 6.04. The molecule has 2 heterocycles. The molecule has 166 valence electrons. The normalized spacial score (nSPS) is 10.8. The molecule has 2 N–H and O–H groups in total. The Morgan fingerprint density at radius 2 is 1.82 bits per heavy atom. The number of nitrogens with one attached hydrogen (secondary N) is 2. The minimum atomic E-state index is -0.156. The standard InChI is InChI=1S/C26H26N6O/c1-18-6-11-22(29-25(33)20-9-7-19(8-10-20)17-32(2)3)15-24(18)31-26-28-14-12-23(30-26)21-5-4-13-27-16-21/h4-16H,17H2,1-3H3,(H,29,33)(H,28,30,31). The summed E-state index contributed by atoms with van der Waals surface area (Å²) < 4.78 is 0. The summed E-state index contributed by atoms with van der Waals surface area (Å²) in [6.45, 7) is 2.82. The number of hydrogen-bond donors (Lipinski definition) is 2. The predicted octanol–water partition coefficient (Wildman–Crippen LogP) is 4.90. The molecule has 7 nitrogen and oxygen atoms in total. The highest BCUT2D eigenvalue weighted by Crippen LogP contribution is 2.24. The molecule has 0 fully saturated rings. The van der Waals surface area contributed by atoms with Gasteiger partial charge in [0.25, 0.3) is 5.91 Å². The average Bonchev–Trinajstić information content (AvgIpc) is 2.82. The van der Waals surface area contributed by atoms with Crippen molar-refractivity contribution in [2.45, 2.75) is 13.5 Å². The Morgan fingerprint density at radius 1 is 1.00 bits per heavy atom. The maximum atomic E-state index is 12.7. The molecule has 0 saturated heterocycles. The maximum absolute atomic E-state index is 12.7. The molecule has 0 aliphatic carbocycles. The van der Waals surface area contributed by atoms with E-state index in [9.17, 15) is 4.79 Å². The van der Waals surface area contributed by atoms with Crippen LogP contribution >= 0.6 is 0 Å². The highest BCUT2D eigenvalue weighted by Gasteiger charge is 2.09. The molecule has 0 spiro atoms. The quantitative estimate of drug-likeness (QED) is 0.427. The Bertz CT molecular complexity index is 1240. The van der Waals surface area contributed by atoms with Crippen molar-refractivity contribution in [1.29, 1.82) is 0 Å². The summed E-state index contributed by atoms with van der Waals surface area (Å²) in [5, 5.41) is 6.23. The molecule has 0 aliphatic heterocycles. The minimum Gasteiger partial charge on any atom is -0.324 e. The van der Waals surface area contributed by atoms with Crippen molar-refractivity contribution < 1.29 is 4.79 Å². The lowest BCUT2D eigenvalue weighted by atomic mass is 10.1. The summed E-state index contributed by atoms with van der Waals surface area (Å²) in [5.41, 5.74) is 5.98. The second kappa shape index (κ2) is 10.0. The molecule has 33 heavy (non-hydrogen) atoms. The number of aromatic nitrogens is 3. The van der Waals surface area contributed by atoms with Crippen molar-refractivity contribution in [3.05, 3.63) is 95.9 Å². The minimum absolute atomic E-state index is 0.156. The van der Waals surface area contributed by atoms with Gasteiger partial charge in [0.1, 0.15) is 0 Å². The second-order valence-corrected chi connectivity index (χ2v) is 8.05. The van der Waals surface area contributed by atoms with Crippen molar-refractivity contribution in [2.24, 2.45) is 0 Å². The lowest BCUT2D eigenvalue weighted by molar-refractivity contribution is 0.102. The number of rotatable bonds is 7. The molecule has 7 heteroatoms. The Morgan fingerprint density at radius 3 is 2.55 bits per heavy atom. The number of aryl methyl sites for hydroxylation is 1. The molecule has 2 aromatic heterocycles. The van der Waals surface area contributed by atoms with Crippen molar-refractivity contribution in [3.8, 4) is 11.3 Å². The molecule has 0 aliphatic rings. The third-order valence-corrected chi connectivity index (χ3v) is 5.07. The summed E-state index contributed by atoms with van der Waals surface area (Å²) in [4.78, 5) is 27.9. The number of carbonyl (C=O) groups is 1. The van der Waals surface area contributed by atoms with Gasteiger partial charge in [-0.05, 0) is 74.6 Å². The van der Waals surface area contributed by atoms with Crippen LogP contribution in [0, 0.1) is 6.92 Å². The predicted molar refractivity (Wildman–Crippen MR) is 132 cm³/mol. The molecule has 1 amide bonds. The van der Waals surface area contributed by atoms with Crippen LogP contribution in [0.5, 0.6) is 0 Å². The monoisotopic (exact) mass is 438 g/mol. The zero-order chi connectivity index (χ0) is 23.2. The lowest BCUT2D eigenvalue weighted by Gasteiger charge is -2.13. The highest BCUT2D eigenvalue weighted by atomic mass is 16.1. The van der Waals surface area contributed by atoms with Gasteiger partial charge < -0.3 is 15.5 Å². The number of pyridine rings is 1. The van der Waals surface area contributed by atoms with E-state index in [1.807, 2.05) is 81.7 Å². The van der Waals surface area contributed by atoms with Gasteiger partial charge in [-0.25, -0.2) is 9.97 Å². The second-order valence-electron chi connectivity index (χ2n) is 8.05. The first kappa shape index (κ1) is 22.1. The third-order valence-electron chi connectivity index (χ3n) is 5.07. The fraction of sp³-hybridized carbons (Fsp3) is 0.154. The molecule has 4 rings (SSSR count). The van der Waals surface area contributed by atoms with E-state index in [0.717, 1.165) is 34.6 Å². The van der Waals surface area contributed by atoms with E-state index in [2.05, 4.69) is 30.5 Å². The Balaban J connectivity index is 1.49. The maximum Gasteiger partial charge on any atom is 0.255 e. The van der Waals surface area contributed by atoms with E-state index < -0.39 is 0 Å². The average molecular weight is 439 g/mol. The van der Waals surface area contributed by atoms with E-state index >= 15 is 0 Å². The van der Waals surface area contributed by atoms with Crippen molar-refractivity contribution in [2.75, 3.05) is 24.7 Å². The van der Waals surface area contributed by atoms with Gasteiger partial charge in [0, 0.05) is 47.6 Å². The summed E-state index contributed by atoms with van der Waals surface area (Å²) in [5.74, 6) is 0.315. The van der Waals surface area contributed by atoms with E-state index in [1.54, 1.807) is 18.6 Å². The smallest absolute Gasteiger partial charge is 0.255 e. The Kier molecular flexibility index (Phi) is 6.71. The third kappa shape index (κ3) is 5.78. The van der Waals surface area contributed by atoms with Crippen molar-refractivity contribution in [1.82, 2.24) is 19.9 Å². The summed E-state index contributed by atoms with van der Waals surface area (Å²) in [6.07, 6.45) is 5.20. The van der Waals surface area contributed by atoms with E-state index in [-0.39, 0.29) is 5.91 Å². The molecular formula is C26H26N6O. The van der Waals surface area contributed by atoms with Gasteiger partial charge >= 0.3 is 0 Å². The van der Waals surface area contributed by atoms with E-state index in [4.69, 9.17) is 0 Å². The molecule has 0 saturated carbocycles.